The highest BCUT2D eigenvalue weighted by Crippen LogP contribution is 2.38. The van der Waals surface area contributed by atoms with E-state index in [4.69, 9.17) is 9.47 Å². The van der Waals surface area contributed by atoms with E-state index in [0.717, 1.165) is 25.3 Å². The topological polar surface area (TPSA) is 35.5 Å². The summed E-state index contributed by atoms with van der Waals surface area (Å²) in [6, 6.07) is 4.97. The van der Waals surface area contributed by atoms with Crippen LogP contribution in [0.25, 0.3) is 0 Å². The average molecular weight is 372 g/mol. The first-order chi connectivity index (χ1) is 12.1. The van der Waals surface area contributed by atoms with Gasteiger partial charge in [0.2, 0.25) is 0 Å². The Morgan fingerprint density at radius 1 is 1.19 bits per heavy atom. The van der Waals surface area contributed by atoms with Crippen molar-refractivity contribution in [1.29, 1.82) is 0 Å². The van der Waals surface area contributed by atoms with Crippen LogP contribution in [-0.2, 0) is 20.4 Å². The predicted molar refractivity (Wildman–Crippen MR) is 92.4 cm³/mol. The molecule has 4 atom stereocenters. The summed E-state index contributed by atoms with van der Waals surface area (Å²) in [5.74, 6) is 0.217. The van der Waals surface area contributed by atoms with Crippen LogP contribution in [0.1, 0.15) is 57.3 Å². The zero-order valence-electron chi connectivity index (χ0n) is 15.7. The highest BCUT2D eigenvalue weighted by Gasteiger charge is 2.39. The van der Waals surface area contributed by atoms with Gasteiger partial charge in [0.1, 0.15) is 6.10 Å². The third kappa shape index (κ3) is 4.78. The number of hydrogen-bond acceptors (Lipinski definition) is 3. The molecule has 0 aromatic heterocycles. The number of methoxy groups -OCH3 is 1. The standard InChI is InChI=1S/C20H27F3O3/c1-12(2)14-10-9-13(3)11-17(14)26-19(24)18(25-4)15-7-5-6-8-16(15)20(21,22)23/h5-8,12-14,17-18H,9-11H2,1-4H3. The number of esters is 1. The summed E-state index contributed by atoms with van der Waals surface area (Å²) in [4.78, 5) is 12.7. The van der Waals surface area contributed by atoms with Crippen LogP contribution in [0, 0.1) is 17.8 Å². The van der Waals surface area contributed by atoms with E-state index >= 15 is 0 Å². The number of carbonyl (C=O) groups is 1. The highest BCUT2D eigenvalue weighted by molar-refractivity contribution is 5.77. The van der Waals surface area contributed by atoms with Crippen molar-refractivity contribution < 1.29 is 27.4 Å². The van der Waals surface area contributed by atoms with Gasteiger partial charge in [-0.15, -0.1) is 0 Å². The quantitative estimate of drug-likeness (QED) is 0.650. The van der Waals surface area contributed by atoms with Crippen molar-refractivity contribution in [2.45, 2.75) is 58.4 Å². The Kier molecular flexibility index (Phi) is 6.72. The van der Waals surface area contributed by atoms with Crippen LogP contribution in [0.2, 0.25) is 0 Å². The van der Waals surface area contributed by atoms with E-state index in [1.165, 1.54) is 25.3 Å². The maximum absolute atomic E-state index is 13.3. The number of halogens is 3. The number of alkyl halides is 3. The number of carbonyl (C=O) groups excluding carboxylic acids is 1. The van der Waals surface area contributed by atoms with Gasteiger partial charge in [-0.1, -0.05) is 45.4 Å². The molecule has 1 aliphatic carbocycles. The smallest absolute Gasteiger partial charge is 0.416 e. The van der Waals surface area contributed by atoms with Gasteiger partial charge >= 0.3 is 12.1 Å². The third-order valence-electron chi connectivity index (χ3n) is 5.23. The summed E-state index contributed by atoms with van der Waals surface area (Å²) >= 11 is 0. The van der Waals surface area contributed by atoms with Crippen LogP contribution < -0.4 is 0 Å². The molecule has 1 aromatic carbocycles. The Bertz CT molecular complexity index is 613. The lowest BCUT2D eigenvalue weighted by atomic mass is 9.75. The molecule has 1 saturated carbocycles. The first-order valence-electron chi connectivity index (χ1n) is 9.04. The Morgan fingerprint density at radius 3 is 2.42 bits per heavy atom. The van der Waals surface area contributed by atoms with Crippen LogP contribution >= 0.6 is 0 Å². The molecule has 0 spiro atoms. The SMILES string of the molecule is COC(C(=O)OC1CC(C)CCC1C(C)C)c1ccccc1C(F)(F)F. The van der Waals surface area contributed by atoms with Crippen molar-refractivity contribution in [3.63, 3.8) is 0 Å². The summed E-state index contributed by atoms with van der Waals surface area (Å²) in [5, 5.41) is 0. The monoisotopic (exact) mass is 372 g/mol. The molecule has 3 nitrogen and oxygen atoms in total. The van der Waals surface area contributed by atoms with E-state index in [2.05, 4.69) is 20.8 Å². The lowest BCUT2D eigenvalue weighted by Gasteiger charge is -2.37. The Labute approximate surface area is 152 Å². The minimum Gasteiger partial charge on any atom is -0.460 e. The van der Waals surface area contributed by atoms with Crippen molar-refractivity contribution in [2.24, 2.45) is 17.8 Å². The molecule has 146 valence electrons. The summed E-state index contributed by atoms with van der Waals surface area (Å²) < 4.78 is 50.6. The minimum atomic E-state index is -4.56. The van der Waals surface area contributed by atoms with Gasteiger partial charge in [0.15, 0.2) is 6.10 Å². The van der Waals surface area contributed by atoms with Crippen molar-refractivity contribution in [1.82, 2.24) is 0 Å². The van der Waals surface area contributed by atoms with Crippen LogP contribution in [0.15, 0.2) is 24.3 Å². The zero-order valence-corrected chi connectivity index (χ0v) is 15.7. The molecular formula is C20H27F3O3. The number of rotatable bonds is 5. The first-order valence-corrected chi connectivity index (χ1v) is 9.04. The summed E-state index contributed by atoms with van der Waals surface area (Å²) in [6.45, 7) is 6.26. The van der Waals surface area contributed by atoms with Crippen LogP contribution in [0.3, 0.4) is 0 Å². The largest absolute Gasteiger partial charge is 0.460 e. The van der Waals surface area contributed by atoms with Gasteiger partial charge in [-0.25, -0.2) is 4.79 Å². The molecule has 0 amide bonds. The van der Waals surface area contributed by atoms with Gasteiger partial charge in [-0.05, 0) is 36.7 Å². The van der Waals surface area contributed by atoms with E-state index in [9.17, 15) is 18.0 Å². The predicted octanol–water partition coefficient (Wildman–Crippen LogP) is 5.40. The summed E-state index contributed by atoms with van der Waals surface area (Å²) in [5.41, 5.74) is -1.08. The van der Waals surface area contributed by atoms with Crippen molar-refractivity contribution in [3.05, 3.63) is 35.4 Å². The normalized spacial score (nSPS) is 25.2. The molecule has 6 heteroatoms. The van der Waals surface area contributed by atoms with Gasteiger partial charge in [0.05, 0.1) is 5.56 Å². The van der Waals surface area contributed by atoms with Crippen LogP contribution in [0.5, 0.6) is 0 Å². The van der Waals surface area contributed by atoms with E-state index in [1.807, 2.05) is 0 Å². The van der Waals surface area contributed by atoms with Gasteiger partial charge in [-0.3, -0.25) is 0 Å². The zero-order chi connectivity index (χ0) is 19.5. The van der Waals surface area contributed by atoms with Crippen molar-refractivity contribution in [2.75, 3.05) is 7.11 Å². The summed E-state index contributed by atoms with van der Waals surface area (Å²) in [7, 11) is 1.22. The molecular weight excluding hydrogens is 345 g/mol. The van der Waals surface area contributed by atoms with Gasteiger partial charge in [0.25, 0.3) is 0 Å². The molecule has 1 aliphatic rings. The fourth-order valence-electron chi connectivity index (χ4n) is 3.80. The average Bonchev–Trinajstić information content (AvgIpc) is 2.54. The maximum atomic E-state index is 13.3. The third-order valence-corrected chi connectivity index (χ3v) is 5.23. The van der Waals surface area contributed by atoms with Gasteiger partial charge in [-0.2, -0.15) is 13.2 Å². The van der Waals surface area contributed by atoms with Gasteiger partial charge < -0.3 is 9.47 Å². The first kappa shape index (κ1) is 20.7. The van der Waals surface area contributed by atoms with Gasteiger partial charge in [0, 0.05) is 12.7 Å². The molecule has 2 rings (SSSR count). The second-order valence-electron chi connectivity index (χ2n) is 7.50. The molecule has 1 aromatic rings. The van der Waals surface area contributed by atoms with E-state index < -0.39 is 23.8 Å². The second kappa shape index (κ2) is 8.42. The number of benzene rings is 1. The highest BCUT2D eigenvalue weighted by atomic mass is 19.4. The lowest BCUT2D eigenvalue weighted by molar-refractivity contribution is -0.169. The molecule has 0 heterocycles. The molecule has 26 heavy (non-hydrogen) atoms. The Balaban J connectivity index is 2.24. The fourth-order valence-corrected chi connectivity index (χ4v) is 3.80. The van der Waals surface area contributed by atoms with E-state index in [-0.39, 0.29) is 17.6 Å². The Hall–Kier alpha value is -1.56. The van der Waals surface area contributed by atoms with Crippen LogP contribution in [-0.4, -0.2) is 19.2 Å². The van der Waals surface area contributed by atoms with E-state index in [0.29, 0.717) is 11.8 Å². The number of ether oxygens (including phenoxy) is 2. The Morgan fingerprint density at radius 2 is 1.85 bits per heavy atom. The van der Waals surface area contributed by atoms with Crippen LogP contribution in [0.4, 0.5) is 13.2 Å². The minimum absolute atomic E-state index is 0.211. The molecule has 0 bridgehead atoms. The van der Waals surface area contributed by atoms with E-state index in [1.54, 1.807) is 0 Å². The molecule has 4 unspecified atom stereocenters. The molecule has 0 saturated heterocycles. The number of hydrogen-bond donors (Lipinski definition) is 0. The maximum Gasteiger partial charge on any atom is 0.416 e. The molecule has 0 aliphatic heterocycles. The molecule has 0 N–H and O–H groups in total. The summed E-state index contributed by atoms with van der Waals surface area (Å²) in [6.07, 6.45) is -3.49. The molecule has 1 fully saturated rings. The van der Waals surface area contributed by atoms with Crippen molar-refractivity contribution in [3.8, 4) is 0 Å². The lowest BCUT2D eigenvalue weighted by Crippen LogP contribution is -2.37. The fraction of sp³-hybridized carbons (Fsp3) is 0.650. The molecule has 0 radical (unpaired) electrons. The second-order valence-corrected chi connectivity index (χ2v) is 7.50. The van der Waals surface area contributed by atoms with Crippen molar-refractivity contribution >= 4 is 5.97 Å².